The van der Waals surface area contributed by atoms with E-state index in [1.807, 2.05) is 0 Å². The van der Waals surface area contributed by atoms with Gasteiger partial charge < -0.3 is 33.7 Å². The Balaban J connectivity index is 1.06. The first kappa shape index (κ1) is 61.5. The predicted molar refractivity (Wildman–Crippen MR) is 309 cm³/mol. The summed E-state index contributed by atoms with van der Waals surface area (Å²) in [5, 5.41) is 38.4. The summed E-state index contributed by atoms with van der Waals surface area (Å²) in [6, 6.07) is 0.174. The summed E-state index contributed by atoms with van der Waals surface area (Å²) in [7, 11) is 0. The standard InChI is InChI=1S/C62H115N9O7/c1-8-15-22-23-54(72)63-39-24-25-40-41(32-39)56-64-55(40)65-57-42-33-48(73-26-16-9-2)49(74-27-17-10-3)34-43(42)59(67-57)69-61-46-37-52(77-30-20-13-6)53(78-31-21-14-7)38-47(46)62(71-61)70-60-45-36-51(76-29-19-12-5)50(75-28-18-11-4)35-44(45)58(66-56)68-60/h39-53,55-62,64-71H,8-38H2,1-7H3,(H,63,72). The number of nitrogens with one attached hydrogen (secondary N) is 9. The average Bonchev–Trinajstić information content (AvgIpc) is 4.16. The maximum atomic E-state index is 13.5. The van der Waals surface area contributed by atoms with Crippen LogP contribution in [0.1, 0.15) is 209 Å². The van der Waals surface area contributed by atoms with Gasteiger partial charge in [-0.25, -0.2) is 0 Å². The van der Waals surface area contributed by atoms with Crippen LogP contribution >= 0.6 is 0 Å². The van der Waals surface area contributed by atoms with Crippen LogP contribution in [0, 0.1) is 47.3 Å². The van der Waals surface area contributed by atoms with Crippen LogP contribution in [0.3, 0.4) is 0 Å². The Morgan fingerprint density at radius 1 is 0.321 bits per heavy atom. The van der Waals surface area contributed by atoms with Gasteiger partial charge >= 0.3 is 0 Å². The van der Waals surface area contributed by atoms with Crippen LogP contribution in [-0.4, -0.2) is 138 Å². The third-order valence-corrected chi connectivity index (χ3v) is 20.5. The number of unbranched alkanes of at least 4 members (excludes halogenated alkanes) is 8. The fraction of sp³-hybridized carbons (Fsp3) is 0.984. The molecule has 9 N–H and O–H groups in total. The van der Waals surface area contributed by atoms with Crippen molar-refractivity contribution in [2.75, 3.05) is 39.6 Å². The Hall–Kier alpha value is -1.09. The Morgan fingerprint density at radius 3 is 0.821 bits per heavy atom. The number of fused-ring (bicyclic) bond motifs is 20. The monoisotopic (exact) mass is 1100 g/mol. The van der Waals surface area contributed by atoms with Gasteiger partial charge in [0.25, 0.3) is 0 Å². The second-order valence-electron chi connectivity index (χ2n) is 26.0. The van der Waals surface area contributed by atoms with Crippen molar-refractivity contribution >= 4 is 5.91 Å². The lowest BCUT2D eigenvalue weighted by Gasteiger charge is -2.43. The van der Waals surface area contributed by atoms with E-state index in [0.29, 0.717) is 53.8 Å². The van der Waals surface area contributed by atoms with Crippen LogP contribution in [-0.2, 0) is 33.2 Å². The molecule has 450 valence electrons. The molecule has 5 saturated heterocycles. The Bertz CT molecular complexity index is 1740. The molecule has 4 aliphatic carbocycles. The zero-order valence-corrected chi connectivity index (χ0v) is 50.1. The molecule has 16 heteroatoms. The molecule has 0 radical (unpaired) electrons. The second-order valence-corrected chi connectivity index (χ2v) is 26.0. The van der Waals surface area contributed by atoms with Crippen molar-refractivity contribution in [3.8, 4) is 0 Å². The SMILES string of the molecule is CCCCCC(=O)NC1CCC2C3NC(NC4NC(NC5NC(NC6NC(N3)C3CC(OCCCC)C(OCCCC)CC63)C3CC(OCCCC)C(OCCCC)CC53)C3CC(OCCCC)C(OCCCC)CC43)C2C1. The molecule has 23 atom stereocenters. The van der Waals surface area contributed by atoms with Gasteiger partial charge in [-0.15, -0.1) is 0 Å². The van der Waals surface area contributed by atoms with Crippen molar-refractivity contribution < 1.29 is 33.2 Å². The maximum absolute atomic E-state index is 13.5. The van der Waals surface area contributed by atoms with Crippen LogP contribution in [0.2, 0.25) is 0 Å². The molecular weight excluding hydrogens is 983 g/mol. The van der Waals surface area contributed by atoms with Gasteiger partial charge in [0.15, 0.2) is 0 Å². The van der Waals surface area contributed by atoms with E-state index in [4.69, 9.17) is 28.4 Å². The highest BCUT2D eigenvalue weighted by molar-refractivity contribution is 5.76. The smallest absolute Gasteiger partial charge is 0.220 e. The molecule has 9 aliphatic rings. The van der Waals surface area contributed by atoms with Gasteiger partial charge in [-0.05, 0) is 150 Å². The lowest BCUT2D eigenvalue weighted by Crippen LogP contribution is -2.61. The average molecular weight is 1100 g/mol. The number of amides is 1. The topological polar surface area (TPSA) is 181 Å². The molecule has 16 nitrogen and oxygen atoms in total. The molecule has 0 spiro atoms. The van der Waals surface area contributed by atoms with Gasteiger partial charge in [0.1, 0.15) is 0 Å². The van der Waals surface area contributed by atoms with E-state index in [1.54, 1.807) is 0 Å². The minimum Gasteiger partial charge on any atom is -0.376 e. The van der Waals surface area contributed by atoms with Gasteiger partial charge in [0.2, 0.25) is 5.91 Å². The minimum absolute atomic E-state index is 0.0522. The summed E-state index contributed by atoms with van der Waals surface area (Å²) >= 11 is 0. The number of carbonyl (C=O) groups is 1. The van der Waals surface area contributed by atoms with E-state index >= 15 is 0 Å². The molecule has 9 fully saturated rings. The molecule has 78 heavy (non-hydrogen) atoms. The van der Waals surface area contributed by atoms with Crippen molar-refractivity contribution in [1.82, 2.24) is 47.9 Å². The fourth-order valence-electron chi connectivity index (χ4n) is 16.1. The molecule has 4 saturated carbocycles. The van der Waals surface area contributed by atoms with Crippen molar-refractivity contribution in [3.05, 3.63) is 0 Å². The predicted octanol–water partition coefficient (Wildman–Crippen LogP) is 8.05. The molecule has 0 aromatic heterocycles. The molecule has 5 heterocycles. The molecule has 1 amide bonds. The second kappa shape index (κ2) is 31.2. The van der Waals surface area contributed by atoms with Crippen LogP contribution in [0.25, 0.3) is 0 Å². The van der Waals surface area contributed by atoms with E-state index in [-0.39, 0.29) is 97.9 Å². The van der Waals surface area contributed by atoms with Crippen LogP contribution in [0.5, 0.6) is 0 Å². The van der Waals surface area contributed by atoms with Gasteiger partial charge in [0.05, 0.1) is 86.0 Å². The third-order valence-electron chi connectivity index (χ3n) is 20.5. The van der Waals surface area contributed by atoms with Crippen LogP contribution in [0.15, 0.2) is 0 Å². The number of rotatable bonds is 29. The summed E-state index contributed by atoms with van der Waals surface area (Å²) in [6.45, 7) is 20.4. The number of hydrogen-bond acceptors (Lipinski definition) is 15. The van der Waals surface area contributed by atoms with Crippen molar-refractivity contribution in [1.29, 1.82) is 0 Å². The third kappa shape index (κ3) is 15.4. The molecule has 5 aliphatic heterocycles. The zero-order valence-electron chi connectivity index (χ0n) is 50.1. The normalized spacial score (nSPS) is 42.0. The molecule has 0 aromatic rings. The van der Waals surface area contributed by atoms with Gasteiger partial charge in [-0.1, -0.05) is 99.8 Å². The lowest BCUT2D eigenvalue weighted by atomic mass is 9.73. The summed E-state index contributed by atoms with van der Waals surface area (Å²) < 4.78 is 41.3. The maximum Gasteiger partial charge on any atom is 0.220 e. The molecule has 23 unspecified atom stereocenters. The first-order valence-corrected chi connectivity index (χ1v) is 33.3. The van der Waals surface area contributed by atoms with E-state index < -0.39 is 0 Å². The van der Waals surface area contributed by atoms with Gasteiger partial charge in [0, 0.05) is 52.1 Å². The Kier molecular flexibility index (Phi) is 24.6. The first-order valence-electron chi connectivity index (χ1n) is 33.3. The van der Waals surface area contributed by atoms with E-state index in [1.165, 1.54) is 0 Å². The summed E-state index contributed by atoms with van der Waals surface area (Å²) in [6.07, 6.45) is 26.5. The number of carbonyl (C=O) groups excluding carboxylic acids is 1. The van der Waals surface area contributed by atoms with E-state index in [0.717, 1.165) is 194 Å². The number of ether oxygens (including phenoxy) is 6. The molecule has 8 bridgehead atoms. The minimum atomic E-state index is 0.0522. The van der Waals surface area contributed by atoms with Gasteiger partial charge in [-0.2, -0.15) is 0 Å². The first-order chi connectivity index (χ1) is 38.3. The molecule has 0 aromatic carbocycles. The van der Waals surface area contributed by atoms with Crippen molar-refractivity contribution in [2.24, 2.45) is 47.3 Å². The zero-order chi connectivity index (χ0) is 54.4. The highest BCUT2D eigenvalue weighted by atomic mass is 16.5. The van der Waals surface area contributed by atoms with Crippen molar-refractivity contribution in [2.45, 2.75) is 301 Å². The lowest BCUT2D eigenvalue weighted by molar-refractivity contribution is -0.122. The Morgan fingerprint density at radius 2 is 0.564 bits per heavy atom. The molecule has 9 rings (SSSR count). The number of hydrogen-bond donors (Lipinski definition) is 9. The fourth-order valence-corrected chi connectivity index (χ4v) is 16.1. The van der Waals surface area contributed by atoms with E-state index in [2.05, 4.69) is 96.3 Å². The highest BCUT2D eigenvalue weighted by Gasteiger charge is 2.59. The van der Waals surface area contributed by atoms with E-state index in [9.17, 15) is 4.79 Å². The summed E-state index contributed by atoms with van der Waals surface area (Å²) in [4.78, 5) is 13.5. The summed E-state index contributed by atoms with van der Waals surface area (Å²) in [5.41, 5.74) is 0. The van der Waals surface area contributed by atoms with Gasteiger partial charge in [-0.3, -0.25) is 47.3 Å². The van der Waals surface area contributed by atoms with Crippen LogP contribution < -0.4 is 47.9 Å². The quantitative estimate of drug-likeness (QED) is 0.0328. The molecular formula is C62H115N9O7. The van der Waals surface area contributed by atoms with Crippen molar-refractivity contribution in [3.63, 3.8) is 0 Å². The largest absolute Gasteiger partial charge is 0.376 e. The van der Waals surface area contributed by atoms with Crippen LogP contribution in [0.4, 0.5) is 0 Å². The summed E-state index contributed by atoms with van der Waals surface area (Å²) in [5.74, 6) is 2.99. The highest BCUT2D eigenvalue weighted by Crippen LogP contribution is 2.48. The Labute approximate surface area is 473 Å².